The van der Waals surface area contributed by atoms with Crippen molar-refractivity contribution >= 4 is 17.7 Å². The highest BCUT2D eigenvalue weighted by atomic mass is 16.4. The molecule has 164 valence electrons. The number of piperidine rings is 1. The maximum absolute atomic E-state index is 13.6. The van der Waals surface area contributed by atoms with Gasteiger partial charge in [0.2, 0.25) is 5.91 Å². The molecule has 0 aromatic heterocycles. The van der Waals surface area contributed by atoms with Gasteiger partial charge in [-0.3, -0.25) is 4.79 Å². The summed E-state index contributed by atoms with van der Waals surface area (Å²) in [5.41, 5.74) is 4.85. The lowest BCUT2D eigenvalue weighted by atomic mass is 9.79. The minimum Gasteiger partial charge on any atom is -0.465 e. The van der Waals surface area contributed by atoms with Gasteiger partial charge in [-0.25, -0.2) is 4.79 Å². The summed E-state index contributed by atoms with van der Waals surface area (Å²) in [7, 11) is 0. The van der Waals surface area contributed by atoms with Crippen LogP contribution in [0.25, 0.3) is 0 Å². The van der Waals surface area contributed by atoms with Crippen molar-refractivity contribution < 1.29 is 14.7 Å². The second-order valence-electron chi connectivity index (χ2n) is 8.74. The first-order valence-corrected chi connectivity index (χ1v) is 11.1. The zero-order valence-electron chi connectivity index (χ0n) is 18.3. The van der Waals surface area contributed by atoms with Gasteiger partial charge in [0.15, 0.2) is 0 Å². The van der Waals surface area contributed by atoms with E-state index in [4.69, 9.17) is 0 Å². The Morgan fingerprint density at radius 1 is 0.903 bits per heavy atom. The van der Waals surface area contributed by atoms with Gasteiger partial charge in [-0.15, -0.1) is 0 Å². The lowest BCUT2D eigenvalue weighted by Gasteiger charge is -2.42. The lowest BCUT2D eigenvalue weighted by Crippen LogP contribution is -2.54. The Bertz CT molecular complexity index is 938. The summed E-state index contributed by atoms with van der Waals surface area (Å²) in [5, 5.41) is 9.51. The van der Waals surface area contributed by atoms with E-state index >= 15 is 0 Å². The van der Waals surface area contributed by atoms with Gasteiger partial charge >= 0.3 is 6.09 Å². The number of hydrogen-bond acceptors (Lipinski definition) is 3. The van der Waals surface area contributed by atoms with Gasteiger partial charge in [-0.05, 0) is 48.9 Å². The molecule has 2 fully saturated rings. The van der Waals surface area contributed by atoms with E-state index in [1.807, 2.05) is 23.1 Å². The van der Waals surface area contributed by atoms with E-state index in [-0.39, 0.29) is 24.3 Å². The molecular formula is C25H31N3O3. The van der Waals surface area contributed by atoms with E-state index < -0.39 is 6.09 Å². The number of amides is 2. The third-order valence-corrected chi connectivity index (χ3v) is 6.72. The van der Waals surface area contributed by atoms with Gasteiger partial charge in [0.25, 0.3) is 0 Å². The molecule has 0 aliphatic carbocycles. The summed E-state index contributed by atoms with van der Waals surface area (Å²) in [5.74, 6) is -0.193. The molecule has 0 bridgehead atoms. The number of carboxylic acid groups (broad SMARTS) is 1. The molecule has 2 amide bonds. The van der Waals surface area contributed by atoms with Gasteiger partial charge in [-0.2, -0.15) is 0 Å². The monoisotopic (exact) mass is 421 g/mol. The van der Waals surface area contributed by atoms with Crippen LogP contribution >= 0.6 is 0 Å². The predicted octanol–water partition coefficient (Wildman–Crippen LogP) is 3.74. The lowest BCUT2D eigenvalue weighted by molar-refractivity contribution is -0.138. The largest absolute Gasteiger partial charge is 0.465 e. The van der Waals surface area contributed by atoms with Gasteiger partial charge < -0.3 is 19.8 Å². The van der Waals surface area contributed by atoms with Crippen molar-refractivity contribution in [1.29, 1.82) is 0 Å². The van der Waals surface area contributed by atoms with Crippen molar-refractivity contribution in [2.24, 2.45) is 5.92 Å². The van der Waals surface area contributed by atoms with Crippen LogP contribution in [0.3, 0.4) is 0 Å². The fourth-order valence-electron chi connectivity index (χ4n) is 4.94. The molecule has 4 rings (SSSR count). The standard InChI is InChI=1S/C25H31N3O3/c1-18-8-9-19(2)23(16-18)26-12-14-27(15-13-26)24(29)22-17-28(25(30)31)11-10-21(22)20-6-4-3-5-7-20/h3-9,16,21-22H,10-15,17H2,1-2H3,(H,30,31)/t21-,22+/m0/s1. The Kier molecular flexibility index (Phi) is 6.16. The normalized spacial score (nSPS) is 21.8. The molecule has 0 radical (unpaired) electrons. The number of benzene rings is 2. The first-order valence-electron chi connectivity index (χ1n) is 11.1. The van der Waals surface area contributed by atoms with Gasteiger partial charge in [0, 0.05) is 45.0 Å². The van der Waals surface area contributed by atoms with Crippen molar-refractivity contribution in [2.75, 3.05) is 44.2 Å². The number of carbonyl (C=O) groups is 2. The third kappa shape index (κ3) is 4.53. The van der Waals surface area contributed by atoms with Gasteiger partial charge in [0.05, 0.1) is 5.92 Å². The molecule has 1 N–H and O–H groups in total. The number of carbonyl (C=O) groups excluding carboxylic acids is 1. The molecule has 2 aliphatic heterocycles. The van der Waals surface area contributed by atoms with E-state index in [1.54, 1.807) is 0 Å². The molecule has 0 spiro atoms. The fraction of sp³-hybridized carbons (Fsp3) is 0.440. The van der Waals surface area contributed by atoms with Crippen LogP contribution in [0.15, 0.2) is 48.5 Å². The van der Waals surface area contributed by atoms with Crippen LogP contribution < -0.4 is 4.90 Å². The molecule has 2 aromatic carbocycles. The summed E-state index contributed by atoms with van der Waals surface area (Å²) >= 11 is 0. The number of rotatable bonds is 3. The quantitative estimate of drug-likeness (QED) is 0.820. The average molecular weight is 422 g/mol. The topological polar surface area (TPSA) is 64.1 Å². The van der Waals surface area contributed by atoms with Crippen molar-refractivity contribution in [1.82, 2.24) is 9.80 Å². The molecule has 2 aromatic rings. The van der Waals surface area contributed by atoms with E-state index in [9.17, 15) is 14.7 Å². The average Bonchev–Trinajstić information content (AvgIpc) is 2.80. The van der Waals surface area contributed by atoms with Gasteiger partial charge in [-0.1, -0.05) is 42.5 Å². The Labute approximate surface area is 184 Å². The predicted molar refractivity (Wildman–Crippen MR) is 122 cm³/mol. The number of aryl methyl sites for hydroxylation is 2. The molecule has 2 heterocycles. The number of nitrogens with zero attached hydrogens (tertiary/aromatic N) is 3. The number of anilines is 1. The Morgan fingerprint density at radius 3 is 2.29 bits per heavy atom. The maximum Gasteiger partial charge on any atom is 0.407 e. The Balaban J connectivity index is 1.48. The molecule has 2 aliphatic rings. The fourth-order valence-corrected chi connectivity index (χ4v) is 4.94. The summed E-state index contributed by atoms with van der Waals surface area (Å²) in [6, 6.07) is 16.5. The number of likely N-dealkylation sites (tertiary alicyclic amines) is 1. The van der Waals surface area contributed by atoms with Crippen LogP contribution in [0.4, 0.5) is 10.5 Å². The highest BCUT2D eigenvalue weighted by Crippen LogP contribution is 2.35. The van der Waals surface area contributed by atoms with E-state index in [1.165, 1.54) is 21.7 Å². The van der Waals surface area contributed by atoms with Crippen LogP contribution in [0.5, 0.6) is 0 Å². The zero-order chi connectivity index (χ0) is 22.0. The van der Waals surface area contributed by atoms with Gasteiger partial charge in [0.1, 0.15) is 0 Å². The van der Waals surface area contributed by atoms with Crippen LogP contribution in [0.2, 0.25) is 0 Å². The Morgan fingerprint density at radius 2 is 1.61 bits per heavy atom. The Hall–Kier alpha value is -3.02. The minimum absolute atomic E-state index is 0.0568. The highest BCUT2D eigenvalue weighted by molar-refractivity contribution is 5.81. The summed E-state index contributed by atoms with van der Waals surface area (Å²) in [6.45, 7) is 7.88. The van der Waals surface area contributed by atoms with Crippen LogP contribution in [0, 0.1) is 19.8 Å². The van der Waals surface area contributed by atoms with Crippen molar-refractivity contribution in [3.8, 4) is 0 Å². The molecule has 2 saturated heterocycles. The maximum atomic E-state index is 13.6. The molecule has 0 saturated carbocycles. The first kappa shape index (κ1) is 21.2. The summed E-state index contributed by atoms with van der Waals surface area (Å²) in [6.07, 6.45) is -0.265. The van der Waals surface area contributed by atoms with E-state index in [2.05, 4.69) is 49.1 Å². The molecule has 0 unspecified atom stereocenters. The molecule has 31 heavy (non-hydrogen) atoms. The number of hydrogen-bond donors (Lipinski definition) is 1. The highest BCUT2D eigenvalue weighted by Gasteiger charge is 2.39. The van der Waals surface area contributed by atoms with Crippen molar-refractivity contribution in [3.05, 3.63) is 65.2 Å². The van der Waals surface area contributed by atoms with Crippen molar-refractivity contribution in [3.63, 3.8) is 0 Å². The first-order chi connectivity index (χ1) is 14.9. The second-order valence-corrected chi connectivity index (χ2v) is 8.74. The second kappa shape index (κ2) is 9.00. The van der Waals surface area contributed by atoms with Crippen LogP contribution in [-0.4, -0.2) is 66.2 Å². The van der Waals surface area contributed by atoms with E-state index in [0.29, 0.717) is 26.1 Å². The third-order valence-electron chi connectivity index (χ3n) is 6.72. The minimum atomic E-state index is -0.941. The molecular weight excluding hydrogens is 390 g/mol. The van der Waals surface area contributed by atoms with E-state index in [0.717, 1.165) is 18.7 Å². The SMILES string of the molecule is Cc1ccc(C)c(N2CCN(C(=O)[C@@H]3CN(C(=O)O)CC[C@H]3c3ccccc3)CC2)c1. The van der Waals surface area contributed by atoms with Crippen LogP contribution in [0.1, 0.15) is 29.0 Å². The summed E-state index contributed by atoms with van der Waals surface area (Å²) < 4.78 is 0. The molecule has 6 nitrogen and oxygen atoms in total. The number of piperazine rings is 1. The molecule has 6 heteroatoms. The zero-order valence-corrected chi connectivity index (χ0v) is 18.3. The summed E-state index contributed by atoms with van der Waals surface area (Å²) in [4.78, 5) is 30.8. The van der Waals surface area contributed by atoms with Crippen LogP contribution in [-0.2, 0) is 4.79 Å². The smallest absolute Gasteiger partial charge is 0.407 e. The van der Waals surface area contributed by atoms with Crippen molar-refractivity contribution in [2.45, 2.75) is 26.2 Å². The molecule has 2 atom stereocenters.